The van der Waals surface area contributed by atoms with Gasteiger partial charge in [-0.25, -0.2) is 0 Å². The van der Waals surface area contributed by atoms with Gasteiger partial charge in [-0.15, -0.1) is 0 Å². The molecular weight excluding hydrogens is 379 g/mol. The number of nitrogens with zero attached hydrogens (tertiary/aromatic N) is 2. The predicted octanol–water partition coefficient (Wildman–Crippen LogP) is 5.22. The lowest BCUT2D eigenvalue weighted by atomic mass is 10.1. The highest BCUT2D eigenvalue weighted by atomic mass is 28.4. The van der Waals surface area contributed by atoms with E-state index in [-0.39, 0.29) is 0 Å². The molecule has 2 rings (SSSR count). The standard InChI is InChI=1S/C8H4N2.C7H8O.C6H17BOSi2/c9-5-7-3-1-2-4-8(7)6-10;1-8-7-5-3-2-4-6-7;1-6-9(2,3)8-10(4,5)7/h1-4H;2-6H,1H3;6H2,1-5H3. The maximum Gasteiger partial charge on any atom is 0.172 e. The van der Waals surface area contributed by atoms with Crippen LogP contribution in [0.3, 0.4) is 0 Å². The molecule has 0 N–H and O–H groups in total. The zero-order valence-corrected chi connectivity index (χ0v) is 19.7. The highest BCUT2D eigenvalue weighted by molar-refractivity contribution is 7.14. The summed E-state index contributed by atoms with van der Waals surface area (Å²) in [5, 5.41) is 16.9. The van der Waals surface area contributed by atoms with Gasteiger partial charge in [0.1, 0.15) is 26.1 Å². The van der Waals surface area contributed by atoms with Crippen LogP contribution in [0.15, 0.2) is 54.6 Å². The molecule has 0 aliphatic heterocycles. The minimum atomic E-state index is -1.75. The minimum Gasteiger partial charge on any atom is -0.497 e. The van der Waals surface area contributed by atoms with Gasteiger partial charge in [-0.1, -0.05) is 50.3 Å². The molecule has 0 unspecified atom stereocenters. The quantitative estimate of drug-likeness (QED) is 0.650. The molecule has 146 valence electrons. The maximum atomic E-state index is 8.45. The molecule has 0 fully saturated rings. The Kier molecular flexibility index (Phi) is 11.9. The van der Waals surface area contributed by atoms with Crippen molar-refractivity contribution in [3.8, 4) is 17.9 Å². The van der Waals surface area contributed by atoms with E-state index < -0.39 is 16.5 Å². The molecule has 7 heteroatoms. The second-order valence-corrected chi connectivity index (χ2v) is 15.4. The lowest BCUT2D eigenvalue weighted by Crippen LogP contribution is -2.44. The number of rotatable bonds is 4. The van der Waals surface area contributed by atoms with Gasteiger partial charge in [0.05, 0.1) is 25.7 Å². The largest absolute Gasteiger partial charge is 0.497 e. The van der Waals surface area contributed by atoms with Crippen molar-refractivity contribution in [3.05, 3.63) is 65.7 Å². The topological polar surface area (TPSA) is 66.0 Å². The summed E-state index contributed by atoms with van der Waals surface area (Å²) in [5.41, 5.74) is 0.870. The molecule has 0 spiro atoms. The number of hydrogen-bond donors (Lipinski definition) is 0. The Morgan fingerprint density at radius 1 is 0.857 bits per heavy atom. The number of nitriles is 2. The summed E-state index contributed by atoms with van der Waals surface area (Å²) in [6, 6.07) is 21.4. The fourth-order valence-electron chi connectivity index (χ4n) is 2.02. The molecule has 0 saturated heterocycles. The molecule has 4 nitrogen and oxygen atoms in total. The van der Waals surface area contributed by atoms with Crippen LogP contribution in [0.2, 0.25) is 32.2 Å². The molecule has 2 aromatic carbocycles. The van der Waals surface area contributed by atoms with E-state index in [1.807, 2.05) is 55.6 Å². The first-order valence-electron chi connectivity index (χ1n) is 9.06. The van der Waals surface area contributed by atoms with E-state index in [1.165, 1.54) is 0 Å². The van der Waals surface area contributed by atoms with E-state index in [2.05, 4.69) is 20.0 Å². The van der Waals surface area contributed by atoms with Crippen LogP contribution in [-0.2, 0) is 4.12 Å². The van der Waals surface area contributed by atoms with Crippen molar-refractivity contribution in [2.24, 2.45) is 0 Å². The van der Waals surface area contributed by atoms with Crippen LogP contribution >= 0.6 is 0 Å². The van der Waals surface area contributed by atoms with E-state index in [9.17, 15) is 0 Å². The SMILES string of the molecule is COc1ccccc1.N#Cc1ccccc1C#N.[B][Si](C)(C)O[Si](C)(C)CC. The third kappa shape index (κ3) is 12.1. The van der Waals surface area contributed by atoms with Crippen LogP contribution in [0.4, 0.5) is 0 Å². The lowest BCUT2D eigenvalue weighted by molar-refractivity contribution is 0.415. The van der Waals surface area contributed by atoms with Crippen LogP contribution in [0.25, 0.3) is 0 Å². The van der Waals surface area contributed by atoms with E-state index in [4.69, 9.17) is 26.8 Å². The van der Waals surface area contributed by atoms with Crippen molar-refractivity contribution in [3.63, 3.8) is 0 Å². The first-order valence-corrected chi connectivity index (χ1v) is 15.2. The molecule has 2 radical (unpaired) electrons. The third-order valence-corrected chi connectivity index (χ3v) is 9.56. The van der Waals surface area contributed by atoms with Gasteiger partial charge in [-0.05, 0) is 43.4 Å². The average molecular weight is 408 g/mol. The number of hydrogen-bond acceptors (Lipinski definition) is 4. The molecule has 0 bridgehead atoms. The highest BCUT2D eigenvalue weighted by Crippen LogP contribution is 2.15. The van der Waals surface area contributed by atoms with Crippen molar-refractivity contribution >= 4 is 23.9 Å². The summed E-state index contributed by atoms with van der Waals surface area (Å²) < 4.78 is 10.7. The summed E-state index contributed by atoms with van der Waals surface area (Å²) in [4.78, 5) is 0. The Morgan fingerprint density at radius 3 is 1.54 bits per heavy atom. The molecule has 2 aromatic rings. The second kappa shape index (κ2) is 13.0. The van der Waals surface area contributed by atoms with Crippen LogP contribution < -0.4 is 4.74 Å². The summed E-state index contributed by atoms with van der Waals surface area (Å²) >= 11 is 0. The van der Waals surface area contributed by atoms with Gasteiger partial charge in [0.15, 0.2) is 8.32 Å². The van der Waals surface area contributed by atoms with Crippen molar-refractivity contribution < 1.29 is 8.85 Å². The van der Waals surface area contributed by atoms with Crippen LogP contribution in [-0.4, -0.2) is 31.1 Å². The lowest BCUT2D eigenvalue weighted by Gasteiger charge is -2.31. The Morgan fingerprint density at radius 2 is 1.29 bits per heavy atom. The van der Waals surface area contributed by atoms with Crippen LogP contribution in [0.1, 0.15) is 18.1 Å². The minimum absolute atomic E-state index is 0.435. The van der Waals surface area contributed by atoms with Gasteiger partial charge in [0.25, 0.3) is 0 Å². The summed E-state index contributed by atoms with van der Waals surface area (Å²) in [6.45, 7) is 10.7. The van der Waals surface area contributed by atoms with Gasteiger partial charge in [0.2, 0.25) is 0 Å². The van der Waals surface area contributed by atoms with E-state index >= 15 is 0 Å². The first kappa shape index (κ1) is 25.7. The van der Waals surface area contributed by atoms with Crippen molar-refractivity contribution in [1.29, 1.82) is 10.5 Å². The van der Waals surface area contributed by atoms with Gasteiger partial charge < -0.3 is 8.85 Å². The number of benzene rings is 2. The Labute approximate surface area is 173 Å². The van der Waals surface area contributed by atoms with Gasteiger partial charge in [-0.2, -0.15) is 10.5 Å². The molecule has 0 amide bonds. The number of ether oxygens (including phenoxy) is 1. The highest BCUT2D eigenvalue weighted by Gasteiger charge is 2.26. The first-order chi connectivity index (χ1) is 13.1. The molecule has 0 saturated carbocycles. The summed E-state index contributed by atoms with van der Waals surface area (Å²) in [6.07, 6.45) is 0. The zero-order chi connectivity index (χ0) is 21.6. The van der Waals surface area contributed by atoms with E-state index in [0.29, 0.717) is 11.1 Å². The van der Waals surface area contributed by atoms with Crippen molar-refractivity contribution in [2.75, 3.05) is 7.11 Å². The average Bonchev–Trinajstić information content (AvgIpc) is 2.67. The molecule has 0 aromatic heterocycles. The van der Waals surface area contributed by atoms with Crippen LogP contribution in [0, 0.1) is 22.7 Å². The molecule has 0 aliphatic rings. The molecule has 28 heavy (non-hydrogen) atoms. The summed E-state index contributed by atoms with van der Waals surface area (Å²) in [5.74, 6) is 0.910. The fraction of sp³-hybridized carbons (Fsp3) is 0.333. The monoisotopic (exact) mass is 408 g/mol. The molecule has 0 heterocycles. The number of methoxy groups -OCH3 is 1. The molecular formula is C21H29BN2O2Si2. The van der Waals surface area contributed by atoms with E-state index in [0.717, 1.165) is 11.8 Å². The zero-order valence-electron chi connectivity index (χ0n) is 17.7. The van der Waals surface area contributed by atoms with Crippen LogP contribution in [0.5, 0.6) is 5.75 Å². The maximum absolute atomic E-state index is 8.45. The smallest absolute Gasteiger partial charge is 0.172 e. The third-order valence-electron chi connectivity index (χ3n) is 3.54. The second-order valence-electron chi connectivity index (χ2n) is 7.11. The van der Waals surface area contributed by atoms with E-state index in [1.54, 1.807) is 31.4 Å². The van der Waals surface area contributed by atoms with Crippen molar-refractivity contribution in [2.45, 2.75) is 39.2 Å². The Bertz CT molecular complexity index is 746. The van der Waals surface area contributed by atoms with Gasteiger partial charge >= 0.3 is 0 Å². The number of para-hydroxylation sites is 1. The Hall–Kier alpha value is -2.32. The molecule has 0 atom stereocenters. The Balaban J connectivity index is 0.000000393. The van der Waals surface area contributed by atoms with Gasteiger partial charge in [0, 0.05) is 0 Å². The summed E-state index contributed by atoms with van der Waals surface area (Å²) in [7, 11) is 4.38. The van der Waals surface area contributed by atoms with Crippen molar-refractivity contribution in [1.82, 2.24) is 0 Å². The fourth-order valence-corrected chi connectivity index (χ4v) is 8.29. The molecule has 0 aliphatic carbocycles. The predicted molar refractivity (Wildman–Crippen MR) is 121 cm³/mol. The van der Waals surface area contributed by atoms with Gasteiger partial charge in [-0.3, -0.25) is 0 Å². The normalized spacial score (nSPS) is 10.1.